The Balaban J connectivity index is 1.80. The molecule has 5 rings (SSSR count). The Morgan fingerprint density at radius 2 is 1.62 bits per heavy atom. The normalized spacial score (nSPS) is 17.4. The number of rotatable bonds is 1. The van der Waals surface area contributed by atoms with Crippen LogP contribution in [-0.2, 0) is 0 Å². The van der Waals surface area contributed by atoms with Gasteiger partial charge in [0.1, 0.15) is 11.5 Å². The third-order valence-electron chi connectivity index (χ3n) is 6.16. The van der Waals surface area contributed by atoms with E-state index in [4.69, 9.17) is 4.74 Å². The van der Waals surface area contributed by atoms with Gasteiger partial charge >= 0.3 is 0 Å². The average Bonchev–Trinajstić information content (AvgIpc) is 2.70. The molecule has 0 bridgehead atoms. The molecule has 0 saturated carbocycles. The Morgan fingerprint density at radius 1 is 0.862 bits per heavy atom. The molecule has 2 aliphatic rings. The number of para-hydroxylation sites is 1. The summed E-state index contributed by atoms with van der Waals surface area (Å²) in [6.07, 6.45) is 4.49. The van der Waals surface area contributed by atoms with Crippen LogP contribution in [0.5, 0.6) is 5.75 Å². The zero-order valence-corrected chi connectivity index (χ0v) is 17.3. The lowest BCUT2D eigenvalue weighted by Gasteiger charge is -2.36. The van der Waals surface area contributed by atoms with Crippen LogP contribution >= 0.6 is 0 Å². The largest absolute Gasteiger partial charge is 0.456 e. The zero-order chi connectivity index (χ0) is 20.2. The summed E-state index contributed by atoms with van der Waals surface area (Å²) in [5.41, 5.74) is 9.54. The number of hydrogen-bond acceptors (Lipinski definition) is 2. The maximum absolute atomic E-state index is 6.47. The number of ether oxygens (including phenoxy) is 1. The van der Waals surface area contributed by atoms with E-state index < -0.39 is 0 Å². The van der Waals surface area contributed by atoms with Crippen LogP contribution < -0.4 is 10.1 Å². The first-order chi connectivity index (χ1) is 13.9. The summed E-state index contributed by atoms with van der Waals surface area (Å²) >= 11 is 0. The van der Waals surface area contributed by atoms with Crippen LogP contribution in [0.2, 0.25) is 0 Å². The molecule has 3 aromatic carbocycles. The van der Waals surface area contributed by atoms with Gasteiger partial charge in [0, 0.05) is 22.4 Å². The molecular formula is C27H25NO. The molecule has 29 heavy (non-hydrogen) atoms. The number of hydrogen-bond donors (Lipinski definition) is 1. The van der Waals surface area contributed by atoms with E-state index in [0.717, 1.165) is 28.3 Å². The van der Waals surface area contributed by atoms with Crippen LogP contribution in [0.3, 0.4) is 0 Å². The van der Waals surface area contributed by atoms with Crippen LogP contribution in [0.15, 0.2) is 66.2 Å². The van der Waals surface area contributed by atoms with Crippen molar-refractivity contribution in [2.45, 2.75) is 33.2 Å². The second kappa shape index (κ2) is 6.38. The Kier molecular flexibility index (Phi) is 3.92. The number of anilines is 1. The highest BCUT2D eigenvalue weighted by atomic mass is 16.5. The summed E-state index contributed by atoms with van der Waals surface area (Å²) < 4.78 is 6.47. The number of aryl methyl sites for hydroxylation is 1. The lowest BCUT2D eigenvalue weighted by Crippen LogP contribution is -2.35. The molecule has 0 aliphatic carbocycles. The van der Waals surface area contributed by atoms with E-state index in [0.29, 0.717) is 0 Å². The smallest absolute Gasteiger partial charge is 0.136 e. The molecule has 0 atom stereocenters. The Labute approximate surface area is 172 Å². The Morgan fingerprint density at radius 3 is 2.45 bits per heavy atom. The van der Waals surface area contributed by atoms with Crippen molar-refractivity contribution in [3.05, 3.63) is 88.5 Å². The van der Waals surface area contributed by atoms with Crippen LogP contribution in [0, 0.1) is 6.92 Å². The number of benzene rings is 3. The van der Waals surface area contributed by atoms with Crippen molar-refractivity contribution in [3.63, 3.8) is 0 Å². The predicted octanol–water partition coefficient (Wildman–Crippen LogP) is 7.16. The molecule has 0 saturated heterocycles. The molecule has 144 valence electrons. The van der Waals surface area contributed by atoms with Crippen LogP contribution in [0.4, 0.5) is 5.69 Å². The predicted molar refractivity (Wildman–Crippen MR) is 123 cm³/mol. The minimum Gasteiger partial charge on any atom is -0.456 e. The lowest BCUT2D eigenvalue weighted by atomic mass is 9.83. The Hall–Kier alpha value is -3.26. The van der Waals surface area contributed by atoms with Crippen molar-refractivity contribution in [1.29, 1.82) is 0 Å². The van der Waals surface area contributed by atoms with E-state index >= 15 is 0 Å². The number of fused-ring (bicyclic) bond motifs is 5. The standard InChI is InChI=1S/C27H25NO/c1-17-9-5-6-10-19(17)16-25-26-21(20-11-7-8-12-24(20)29-25)13-14-23-22(26)15-18(2)27(3,4)28-23/h5-16,28H,1-4H3/b25-16-. The van der Waals surface area contributed by atoms with Crippen LogP contribution in [0.1, 0.15) is 43.0 Å². The topological polar surface area (TPSA) is 21.3 Å². The van der Waals surface area contributed by atoms with E-state index in [9.17, 15) is 0 Å². The minimum atomic E-state index is -0.0609. The molecule has 0 radical (unpaired) electrons. The Bertz CT molecular complexity index is 1200. The first-order valence-corrected chi connectivity index (χ1v) is 10.1. The molecule has 0 unspecified atom stereocenters. The molecule has 2 nitrogen and oxygen atoms in total. The molecule has 0 spiro atoms. The van der Waals surface area contributed by atoms with Gasteiger partial charge in [0.2, 0.25) is 0 Å². The van der Waals surface area contributed by atoms with Gasteiger partial charge in [-0.1, -0.05) is 54.6 Å². The summed E-state index contributed by atoms with van der Waals surface area (Å²) in [5, 5.41) is 3.70. The van der Waals surface area contributed by atoms with E-state index in [1.807, 2.05) is 12.1 Å². The highest BCUT2D eigenvalue weighted by Gasteiger charge is 2.31. The highest BCUT2D eigenvalue weighted by molar-refractivity contribution is 5.99. The first-order valence-electron chi connectivity index (χ1n) is 10.1. The fourth-order valence-electron chi connectivity index (χ4n) is 4.14. The van der Waals surface area contributed by atoms with Crippen molar-refractivity contribution in [1.82, 2.24) is 0 Å². The van der Waals surface area contributed by atoms with E-state index in [1.54, 1.807) is 0 Å². The average molecular weight is 380 g/mol. The maximum atomic E-state index is 6.47. The van der Waals surface area contributed by atoms with Crippen LogP contribution in [0.25, 0.3) is 29.0 Å². The molecule has 3 aromatic rings. The van der Waals surface area contributed by atoms with Gasteiger partial charge in [-0.3, -0.25) is 0 Å². The third kappa shape index (κ3) is 2.87. The van der Waals surface area contributed by atoms with Gasteiger partial charge in [-0.2, -0.15) is 0 Å². The third-order valence-corrected chi connectivity index (χ3v) is 6.16. The highest BCUT2D eigenvalue weighted by Crippen LogP contribution is 2.48. The lowest BCUT2D eigenvalue weighted by molar-refractivity contribution is 0.514. The van der Waals surface area contributed by atoms with E-state index in [1.165, 1.54) is 27.8 Å². The van der Waals surface area contributed by atoms with Gasteiger partial charge < -0.3 is 10.1 Å². The van der Waals surface area contributed by atoms with Crippen molar-refractivity contribution >= 4 is 23.6 Å². The maximum Gasteiger partial charge on any atom is 0.136 e. The van der Waals surface area contributed by atoms with Gasteiger partial charge in [0.15, 0.2) is 0 Å². The van der Waals surface area contributed by atoms with Crippen molar-refractivity contribution < 1.29 is 4.74 Å². The monoisotopic (exact) mass is 379 g/mol. The molecule has 0 fully saturated rings. The summed E-state index contributed by atoms with van der Waals surface area (Å²) in [7, 11) is 0. The molecular weight excluding hydrogens is 354 g/mol. The molecule has 2 heterocycles. The van der Waals surface area contributed by atoms with Gasteiger partial charge in [0.05, 0.1) is 5.54 Å². The van der Waals surface area contributed by atoms with E-state index in [2.05, 4.69) is 93.7 Å². The fourth-order valence-corrected chi connectivity index (χ4v) is 4.14. The summed E-state index contributed by atoms with van der Waals surface area (Å²) in [6, 6.07) is 21.1. The second-order valence-electron chi connectivity index (χ2n) is 8.49. The van der Waals surface area contributed by atoms with Gasteiger partial charge in [-0.05, 0) is 68.2 Å². The summed E-state index contributed by atoms with van der Waals surface area (Å²) in [4.78, 5) is 0. The van der Waals surface area contributed by atoms with E-state index in [-0.39, 0.29) is 5.54 Å². The molecule has 1 N–H and O–H groups in total. The SMILES string of the molecule is CC1=Cc2c(ccc3c2/C(=C/c2ccccc2C)Oc2ccccc2-3)NC1(C)C. The van der Waals surface area contributed by atoms with Gasteiger partial charge in [0.25, 0.3) is 0 Å². The first kappa shape index (κ1) is 17.8. The molecule has 0 aromatic heterocycles. The summed E-state index contributed by atoms with van der Waals surface area (Å²) in [6.45, 7) is 8.77. The van der Waals surface area contributed by atoms with Gasteiger partial charge in [-0.15, -0.1) is 0 Å². The van der Waals surface area contributed by atoms with Gasteiger partial charge in [-0.25, -0.2) is 0 Å². The molecule has 2 aliphatic heterocycles. The quantitative estimate of drug-likeness (QED) is 0.484. The van der Waals surface area contributed by atoms with Crippen molar-refractivity contribution in [3.8, 4) is 16.9 Å². The molecule has 0 amide bonds. The van der Waals surface area contributed by atoms with Crippen molar-refractivity contribution in [2.24, 2.45) is 0 Å². The second-order valence-corrected chi connectivity index (χ2v) is 8.49. The zero-order valence-electron chi connectivity index (χ0n) is 17.3. The van der Waals surface area contributed by atoms with Crippen molar-refractivity contribution in [2.75, 3.05) is 5.32 Å². The minimum absolute atomic E-state index is 0.0609. The molecule has 2 heteroatoms. The fraction of sp³-hybridized carbons (Fsp3) is 0.185. The number of nitrogens with one attached hydrogen (secondary N) is 1. The van der Waals surface area contributed by atoms with Crippen LogP contribution in [-0.4, -0.2) is 5.54 Å². The summed E-state index contributed by atoms with van der Waals surface area (Å²) in [5.74, 6) is 1.81.